The minimum absolute atomic E-state index is 0.170. The van der Waals surface area contributed by atoms with Gasteiger partial charge in [0.05, 0.1) is 6.10 Å². The van der Waals surface area contributed by atoms with Gasteiger partial charge in [0.15, 0.2) is 5.82 Å². The van der Waals surface area contributed by atoms with Crippen LogP contribution in [0.15, 0.2) is 6.08 Å². The van der Waals surface area contributed by atoms with Gasteiger partial charge >= 0.3 is 0 Å². The lowest BCUT2D eigenvalue weighted by Crippen LogP contribution is -2.15. The van der Waals surface area contributed by atoms with Crippen molar-refractivity contribution in [3.63, 3.8) is 0 Å². The molecular weight excluding hydrogens is 252 g/mol. The molecule has 0 fully saturated rings. The van der Waals surface area contributed by atoms with Crippen molar-refractivity contribution in [2.75, 3.05) is 5.32 Å². The van der Waals surface area contributed by atoms with Crippen molar-refractivity contribution in [2.45, 2.75) is 45.3 Å². The number of nitrogens with zero attached hydrogens (tertiary/aromatic N) is 3. The third-order valence-electron chi connectivity index (χ3n) is 2.65. The molecule has 0 spiro atoms. The fourth-order valence-corrected chi connectivity index (χ4v) is 2.06. The number of aliphatic hydroxyl groups is 1. The first-order valence-electron chi connectivity index (χ1n) is 6.12. The number of aliphatic hydroxyl groups excluding tert-OH is 1. The molecule has 0 amide bonds. The van der Waals surface area contributed by atoms with Crippen LogP contribution < -0.4 is 5.32 Å². The predicted octanol–water partition coefficient (Wildman–Crippen LogP) is 2.27. The zero-order chi connectivity index (χ0) is 13.1. The molecule has 5 nitrogen and oxygen atoms in total. The Kier molecular flexibility index (Phi) is 4.14. The maximum atomic E-state index is 9.63. The number of allylic oxidation sites excluding steroid dienone is 1. The zero-order valence-electron chi connectivity index (χ0n) is 10.5. The summed E-state index contributed by atoms with van der Waals surface area (Å²) in [7, 11) is 0. The number of aromatic nitrogens is 3. The van der Waals surface area contributed by atoms with E-state index in [0.29, 0.717) is 11.8 Å². The second-order valence-electron chi connectivity index (χ2n) is 4.70. The van der Waals surface area contributed by atoms with E-state index in [1.807, 2.05) is 13.8 Å². The Morgan fingerprint density at radius 2 is 2.17 bits per heavy atom. The number of rotatable bonds is 3. The molecule has 6 heteroatoms. The van der Waals surface area contributed by atoms with Crippen molar-refractivity contribution < 1.29 is 5.11 Å². The van der Waals surface area contributed by atoms with Crippen LogP contribution in [-0.2, 0) is 0 Å². The lowest BCUT2D eigenvalue weighted by Gasteiger charge is -2.16. The highest BCUT2D eigenvalue weighted by atomic mass is 35.5. The molecule has 1 heterocycles. The third kappa shape index (κ3) is 3.40. The van der Waals surface area contributed by atoms with Crippen molar-refractivity contribution in [2.24, 2.45) is 0 Å². The summed E-state index contributed by atoms with van der Waals surface area (Å²) in [6.45, 7) is 4.00. The smallest absolute Gasteiger partial charge is 0.227 e. The van der Waals surface area contributed by atoms with Crippen molar-refractivity contribution in [1.29, 1.82) is 0 Å². The van der Waals surface area contributed by atoms with E-state index in [2.05, 4.69) is 20.3 Å². The van der Waals surface area contributed by atoms with Gasteiger partial charge in [-0.1, -0.05) is 0 Å². The number of anilines is 1. The van der Waals surface area contributed by atoms with Crippen LogP contribution in [0.3, 0.4) is 0 Å². The van der Waals surface area contributed by atoms with Crippen LogP contribution in [0.25, 0.3) is 5.57 Å². The highest BCUT2D eigenvalue weighted by Gasteiger charge is 2.16. The Morgan fingerprint density at radius 1 is 1.39 bits per heavy atom. The zero-order valence-corrected chi connectivity index (χ0v) is 11.3. The molecule has 0 bridgehead atoms. The van der Waals surface area contributed by atoms with E-state index < -0.39 is 6.10 Å². The van der Waals surface area contributed by atoms with Gasteiger partial charge in [0, 0.05) is 6.04 Å². The molecule has 0 unspecified atom stereocenters. The molecule has 1 aromatic rings. The molecule has 0 radical (unpaired) electrons. The van der Waals surface area contributed by atoms with Crippen LogP contribution in [0.1, 0.15) is 38.9 Å². The second-order valence-corrected chi connectivity index (χ2v) is 5.04. The Morgan fingerprint density at radius 3 is 2.83 bits per heavy atom. The van der Waals surface area contributed by atoms with E-state index in [-0.39, 0.29) is 11.3 Å². The van der Waals surface area contributed by atoms with Crippen molar-refractivity contribution in [3.8, 4) is 0 Å². The number of halogens is 1. The fourth-order valence-electron chi connectivity index (χ4n) is 1.90. The van der Waals surface area contributed by atoms with Gasteiger partial charge in [0.2, 0.25) is 11.2 Å². The molecule has 1 aliphatic rings. The Labute approximate surface area is 111 Å². The van der Waals surface area contributed by atoms with Crippen LogP contribution in [-0.4, -0.2) is 32.2 Å². The molecule has 1 atom stereocenters. The highest BCUT2D eigenvalue weighted by Crippen LogP contribution is 2.25. The third-order valence-corrected chi connectivity index (χ3v) is 2.82. The fraction of sp³-hybridized carbons (Fsp3) is 0.583. The second kappa shape index (κ2) is 5.63. The van der Waals surface area contributed by atoms with Gasteiger partial charge in [-0.2, -0.15) is 15.0 Å². The normalized spacial score (nSPS) is 19.8. The number of hydrogen-bond donors (Lipinski definition) is 2. The summed E-state index contributed by atoms with van der Waals surface area (Å²) in [4.78, 5) is 12.5. The van der Waals surface area contributed by atoms with E-state index in [1.165, 1.54) is 0 Å². The summed E-state index contributed by atoms with van der Waals surface area (Å²) in [5.41, 5.74) is 0.935. The SMILES string of the molecule is CC(C)Nc1nc(Cl)nc(C2=C[C@@H](O)CCC2)n1. The van der Waals surface area contributed by atoms with Gasteiger partial charge in [0.1, 0.15) is 0 Å². The molecule has 0 saturated carbocycles. The topological polar surface area (TPSA) is 70.9 Å². The van der Waals surface area contributed by atoms with E-state index in [1.54, 1.807) is 6.08 Å². The first-order chi connectivity index (χ1) is 8.54. The summed E-state index contributed by atoms with van der Waals surface area (Å²) in [5.74, 6) is 1.03. The summed E-state index contributed by atoms with van der Waals surface area (Å²) >= 11 is 5.90. The van der Waals surface area contributed by atoms with Gasteiger partial charge in [-0.25, -0.2) is 0 Å². The van der Waals surface area contributed by atoms with Gasteiger partial charge < -0.3 is 10.4 Å². The van der Waals surface area contributed by atoms with Crippen molar-refractivity contribution in [3.05, 3.63) is 17.2 Å². The van der Waals surface area contributed by atoms with Crippen LogP contribution in [0.4, 0.5) is 5.95 Å². The highest BCUT2D eigenvalue weighted by molar-refractivity contribution is 6.28. The molecule has 2 rings (SSSR count). The van der Waals surface area contributed by atoms with E-state index in [9.17, 15) is 5.11 Å². The van der Waals surface area contributed by atoms with Crippen molar-refractivity contribution in [1.82, 2.24) is 15.0 Å². The van der Waals surface area contributed by atoms with Gasteiger partial charge in [-0.05, 0) is 56.4 Å². The quantitative estimate of drug-likeness (QED) is 0.880. The first-order valence-corrected chi connectivity index (χ1v) is 6.49. The van der Waals surface area contributed by atoms with E-state index in [4.69, 9.17) is 11.6 Å². The van der Waals surface area contributed by atoms with Crippen LogP contribution in [0.2, 0.25) is 5.28 Å². The molecule has 18 heavy (non-hydrogen) atoms. The van der Waals surface area contributed by atoms with Gasteiger partial charge in [-0.3, -0.25) is 0 Å². The van der Waals surface area contributed by atoms with Crippen LogP contribution in [0.5, 0.6) is 0 Å². The number of hydrogen-bond acceptors (Lipinski definition) is 5. The summed E-state index contributed by atoms with van der Waals surface area (Å²) in [6.07, 6.45) is 3.97. The Bertz CT molecular complexity index is 461. The Hall–Kier alpha value is -1.20. The molecule has 0 saturated heterocycles. The Balaban J connectivity index is 2.30. The van der Waals surface area contributed by atoms with E-state index >= 15 is 0 Å². The average molecular weight is 269 g/mol. The molecule has 0 aromatic carbocycles. The average Bonchev–Trinajstić information content (AvgIpc) is 2.27. The number of nitrogens with one attached hydrogen (secondary N) is 1. The van der Waals surface area contributed by atoms with Crippen molar-refractivity contribution >= 4 is 23.1 Å². The monoisotopic (exact) mass is 268 g/mol. The summed E-state index contributed by atoms with van der Waals surface area (Å²) < 4.78 is 0. The largest absolute Gasteiger partial charge is 0.389 e. The summed E-state index contributed by atoms with van der Waals surface area (Å²) in [5, 5.41) is 12.9. The van der Waals surface area contributed by atoms with Gasteiger partial charge in [-0.15, -0.1) is 0 Å². The molecule has 0 aliphatic heterocycles. The standard InChI is InChI=1S/C12H17ClN4O/c1-7(2)14-12-16-10(15-11(13)17-12)8-4-3-5-9(18)6-8/h6-7,9,18H,3-5H2,1-2H3,(H,14,15,16,17)/t9-/m0/s1. The van der Waals surface area contributed by atoms with Crippen LogP contribution >= 0.6 is 11.6 Å². The molecule has 98 valence electrons. The van der Waals surface area contributed by atoms with Gasteiger partial charge in [0.25, 0.3) is 0 Å². The molecule has 1 aliphatic carbocycles. The van der Waals surface area contributed by atoms with E-state index in [0.717, 1.165) is 24.8 Å². The lowest BCUT2D eigenvalue weighted by atomic mass is 9.97. The van der Waals surface area contributed by atoms with Crippen LogP contribution in [0, 0.1) is 0 Å². The maximum absolute atomic E-state index is 9.63. The summed E-state index contributed by atoms with van der Waals surface area (Å²) in [6, 6.07) is 0.224. The maximum Gasteiger partial charge on any atom is 0.227 e. The molecule has 2 N–H and O–H groups in total. The molecule has 1 aromatic heterocycles. The predicted molar refractivity (Wildman–Crippen MR) is 71.4 cm³/mol. The lowest BCUT2D eigenvalue weighted by molar-refractivity contribution is 0.206. The first kappa shape index (κ1) is 13.2. The minimum atomic E-state index is -0.411. The minimum Gasteiger partial charge on any atom is -0.389 e. The molecular formula is C12H17ClN4O.